The van der Waals surface area contributed by atoms with Crippen molar-refractivity contribution in [1.29, 1.82) is 0 Å². The summed E-state index contributed by atoms with van der Waals surface area (Å²) in [7, 11) is 0. The molecule has 1 N–H and O–H groups in total. The Balaban J connectivity index is 1.92. The maximum atomic E-state index is 14.2. The van der Waals surface area contributed by atoms with Crippen LogP contribution in [0.3, 0.4) is 0 Å². The first-order valence-corrected chi connectivity index (χ1v) is 10.4. The van der Waals surface area contributed by atoms with Crippen LogP contribution in [-0.4, -0.2) is 17.2 Å². The molecule has 0 spiro atoms. The van der Waals surface area contributed by atoms with E-state index in [-0.39, 0.29) is 6.42 Å². The van der Waals surface area contributed by atoms with Crippen LogP contribution >= 0.6 is 23.4 Å². The van der Waals surface area contributed by atoms with Crippen LogP contribution in [0.2, 0.25) is 5.02 Å². The Morgan fingerprint density at radius 2 is 1.92 bits per heavy atom. The second kappa shape index (κ2) is 6.28. The number of rotatable bonds is 5. The maximum Gasteiger partial charge on any atom is 0.252 e. The molecule has 0 bridgehead atoms. The van der Waals surface area contributed by atoms with Crippen LogP contribution in [-0.2, 0) is 11.2 Å². The number of aromatic nitrogens is 1. The Hall–Kier alpha value is -1.52. The number of benzene rings is 2. The molecule has 0 amide bonds. The summed E-state index contributed by atoms with van der Waals surface area (Å²) in [6, 6.07) is 13.4. The van der Waals surface area contributed by atoms with E-state index in [0.29, 0.717) is 5.02 Å². The van der Waals surface area contributed by atoms with Gasteiger partial charge in [-0.25, -0.2) is 8.78 Å². The van der Waals surface area contributed by atoms with Crippen LogP contribution in [0.4, 0.5) is 8.78 Å². The van der Waals surface area contributed by atoms with Crippen molar-refractivity contribution in [3.8, 4) is 0 Å². The highest BCUT2D eigenvalue weighted by atomic mass is 35.5. The first kappa shape index (κ1) is 17.9. The number of halogens is 3. The zero-order valence-corrected chi connectivity index (χ0v) is 16.2. The van der Waals surface area contributed by atoms with E-state index in [0.717, 1.165) is 27.8 Å². The first-order chi connectivity index (χ1) is 12.4. The third-order valence-corrected chi connectivity index (χ3v) is 6.48. The highest BCUT2D eigenvalue weighted by Crippen LogP contribution is 2.61. The number of thioether (sulfide) groups is 1. The zero-order chi connectivity index (χ0) is 18.5. The second-order valence-corrected chi connectivity index (χ2v) is 8.50. The SMILES string of the molecule is CSCc1cccc2c(C(C)(c3ccc(Cl)cc3)C3CC3(F)F)c[nH]c12. The van der Waals surface area contributed by atoms with Crippen molar-refractivity contribution >= 4 is 34.3 Å². The number of hydrogen-bond donors (Lipinski definition) is 1. The van der Waals surface area contributed by atoms with Gasteiger partial charge in [-0.05, 0) is 35.1 Å². The first-order valence-electron chi connectivity index (χ1n) is 8.60. The summed E-state index contributed by atoms with van der Waals surface area (Å²) in [6.45, 7) is 1.94. The predicted octanol–water partition coefficient (Wildman–Crippen LogP) is 6.65. The van der Waals surface area contributed by atoms with Gasteiger partial charge in [0.05, 0.1) is 0 Å². The summed E-state index contributed by atoms with van der Waals surface area (Å²) in [5, 5.41) is 1.64. The smallest absolute Gasteiger partial charge is 0.252 e. The number of aromatic amines is 1. The fraction of sp³-hybridized carbons (Fsp3) is 0.333. The lowest BCUT2D eigenvalue weighted by molar-refractivity contribution is 0.0856. The fourth-order valence-corrected chi connectivity index (χ4v) is 4.78. The van der Waals surface area contributed by atoms with Gasteiger partial charge in [-0.1, -0.05) is 48.9 Å². The third kappa shape index (κ3) is 2.74. The quantitative estimate of drug-likeness (QED) is 0.515. The standard InChI is InChI=1S/C21H20ClF2NS/c1-20(18-10-21(18,23)24,14-6-8-15(22)9-7-14)17-11-25-19-13(12-26-2)4-3-5-16(17)19/h3-9,11,18,25H,10,12H2,1-2H3. The largest absolute Gasteiger partial charge is 0.361 e. The molecule has 1 aliphatic carbocycles. The summed E-state index contributed by atoms with van der Waals surface area (Å²) in [5.74, 6) is -2.46. The van der Waals surface area contributed by atoms with Crippen LogP contribution < -0.4 is 0 Å². The van der Waals surface area contributed by atoms with E-state index in [1.165, 1.54) is 5.56 Å². The molecule has 5 heteroatoms. The van der Waals surface area contributed by atoms with Crippen molar-refractivity contribution in [3.63, 3.8) is 0 Å². The van der Waals surface area contributed by atoms with Gasteiger partial charge >= 0.3 is 0 Å². The number of H-pyrrole nitrogens is 1. The Kier molecular flexibility index (Phi) is 4.31. The topological polar surface area (TPSA) is 15.8 Å². The lowest BCUT2D eigenvalue weighted by atomic mass is 9.72. The van der Waals surface area contributed by atoms with Crippen LogP contribution in [0.5, 0.6) is 0 Å². The van der Waals surface area contributed by atoms with Crippen molar-refractivity contribution in [3.05, 3.63) is 70.4 Å². The second-order valence-electron chi connectivity index (χ2n) is 7.20. The molecule has 3 aromatic rings. The van der Waals surface area contributed by atoms with Crippen LogP contribution in [0, 0.1) is 5.92 Å². The van der Waals surface area contributed by atoms with Gasteiger partial charge in [-0.3, -0.25) is 0 Å². The summed E-state index contributed by atoms with van der Waals surface area (Å²) < 4.78 is 28.4. The van der Waals surface area contributed by atoms with Gasteiger partial charge in [0.25, 0.3) is 5.92 Å². The number of hydrogen-bond acceptors (Lipinski definition) is 1. The summed E-state index contributed by atoms with van der Waals surface area (Å²) >= 11 is 7.78. The minimum Gasteiger partial charge on any atom is -0.361 e. The van der Waals surface area contributed by atoms with E-state index in [1.54, 1.807) is 23.9 Å². The lowest BCUT2D eigenvalue weighted by Crippen LogP contribution is -2.29. The molecule has 2 atom stereocenters. The average Bonchev–Trinajstić information content (AvgIpc) is 3.05. The minimum absolute atomic E-state index is 0.0801. The molecule has 4 rings (SSSR count). The van der Waals surface area contributed by atoms with Gasteiger partial charge in [0.15, 0.2) is 0 Å². The van der Waals surface area contributed by atoms with Crippen molar-refractivity contribution < 1.29 is 8.78 Å². The molecule has 1 aliphatic rings. The molecular weight excluding hydrogens is 372 g/mol. The Labute approximate surface area is 161 Å². The highest BCUT2D eigenvalue weighted by Gasteiger charge is 2.66. The average molecular weight is 392 g/mol. The molecule has 2 unspecified atom stereocenters. The van der Waals surface area contributed by atoms with Gasteiger partial charge < -0.3 is 4.98 Å². The lowest BCUT2D eigenvalue weighted by Gasteiger charge is -2.31. The molecule has 1 fully saturated rings. The summed E-state index contributed by atoms with van der Waals surface area (Å²) in [5.41, 5.74) is 3.27. The van der Waals surface area contributed by atoms with Gasteiger partial charge in [-0.2, -0.15) is 11.8 Å². The van der Waals surface area contributed by atoms with Crippen molar-refractivity contribution in [2.75, 3.05) is 6.26 Å². The molecule has 1 nitrogen and oxygen atoms in total. The van der Waals surface area contributed by atoms with E-state index >= 15 is 0 Å². The normalized spacial score (nSPS) is 20.9. The Morgan fingerprint density at radius 3 is 2.54 bits per heavy atom. The molecule has 0 radical (unpaired) electrons. The minimum atomic E-state index is -2.63. The van der Waals surface area contributed by atoms with Crippen LogP contribution in [0.25, 0.3) is 10.9 Å². The molecule has 1 aromatic heterocycles. The summed E-state index contributed by atoms with van der Waals surface area (Å²) in [4.78, 5) is 3.35. The molecule has 2 aromatic carbocycles. The number of nitrogens with one attached hydrogen (secondary N) is 1. The molecule has 1 saturated carbocycles. The van der Waals surface area contributed by atoms with E-state index in [4.69, 9.17) is 11.6 Å². The van der Waals surface area contributed by atoms with Crippen molar-refractivity contribution in [1.82, 2.24) is 4.98 Å². The predicted molar refractivity (Wildman–Crippen MR) is 106 cm³/mol. The van der Waals surface area contributed by atoms with Crippen LogP contribution in [0.1, 0.15) is 30.0 Å². The van der Waals surface area contributed by atoms with Crippen molar-refractivity contribution in [2.45, 2.75) is 30.4 Å². The van der Waals surface area contributed by atoms with E-state index in [1.807, 2.05) is 37.4 Å². The number of alkyl halides is 2. The zero-order valence-electron chi connectivity index (χ0n) is 14.7. The monoisotopic (exact) mass is 391 g/mol. The Morgan fingerprint density at radius 1 is 1.23 bits per heavy atom. The number of para-hydroxylation sites is 1. The van der Waals surface area contributed by atoms with Crippen LogP contribution in [0.15, 0.2) is 48.7 Å². The molecule has 1 heterocycles. The molecular formula is C21H20ClF2NS. The van der Waals surface area contributed by atoms with E-state index < -0.39 is 17.3 Å². The van der Waals surface area contributed by atoms with Gasteiger partial charge in [0, 0.05) is 45.6 Å². The van der Waals surface area contributed by atoms with Crippen molar-refractivity contribution in [2.24, 2.45) is 5.92 Å². The summed E-state index contributed by atoms with van der Waals surface area (Å²) in [6.07, 6.45) is 3.89. The Bertz CT molecular complexity index is 950. The molecule has 26 heavy (non-hydrogen) atoms. The van der Waals surface area contributed by atoms with E-state index in [2.05, 4.69) is 17.3 Å². The number of fused-ring (bicyclic) bond motifs is 1. The van der Waals surface area contributed by atoms with Gasteiger partial charge in [0.1, 0.15) is 0 Å². The van der Waals surface area contributed by atoms with E-state index in [9.17, 15) is 8.78 Å². The third-order valence-electron chi connectivity index (χ3n) is 5.63. The molecule has 0 aliphatic heterocycles. The van der Waals surface area contributed by atoms with Gasteiger partial charge in [0.2, 0.25) is 0 Å². The molecule has 136 valence electrons. The fourth-order valence-electron chi connectivity index (χ4n) is 4.10. The highest BCUT2D eigenvalue weighted by molar-refractivity contribution is 7.97. The molecule has 0 saturated heterocycles. The maximum absolute atomic E-state index is 14.2. The van der Waals surface area contributed by atoms with Gasteiger partial charge in [-0.15, -0.1) is 0 Å².